The first-order chi connectivity index (χ1) is 9.22. The van der Waals surface area contributed by atoms with Gasteiger partial charge in [0.05, 0.1) is 11.7 Å². The molecule has 96 valence electrons. The number of halogens is 1. The summed E-state index contributed by atoms with van der Waals surface area (Å²) in [7, 11) is 0. The van der Waals surface area contributed by atoms with Gasteiger partial charge in [0.15, 0.2) is 5.65 Å². The first-order valence-electron chi connectivity index (χ1n) is 5.92. The zero-order valence-corrected chi connectivity index (χ0v) is 11.9. The van der Waals surface area contributed by atoms with Crippen molar-refractivity contribution in [3.63, 3.8) is 0 Å². The van der Waals surface area contributed by atoms with Gasteiger partial charge >= 0.3 is 0 Å². The van der Waals surface area contributed by atoms with Crippen molar-refractivity contribution in [2.75, 3.05) is 5.32 Å². The van der Waals surface area contributed by atoms with Crippen molar-refractivity contribution in [2.24, 2.45) is 0 Å². The zero-order chi connectivity index (χ0) is 13.2. The van der Waals surface area contributed by atoms with Gasteiger partial charge in [0.25, 0.3) is 0 Å². The highest BCUT2D eigenvalue weighted by molar-refractivity contribution is 9.10. The van der Waals surface area contributed by atoms with Gasteiger partial charge in [0, 0.05) is 12.4 Å². The smallest absolute Gasteiger partial charge is 0.153 e. The van der Waals surface area contributed by atoms with Crippen molar-refractivity contribution in [3.8, 4) is 0 Å². The Labute approximate surface area is 118 Å². The van der Waals surface area contributed by atoms with E-state index in [1.807, 2.05) is 36.5 Å². The normalized spacial score (nSPS) is 12.5. The van der Waals surface area contributed by atoms with Crippen LogP contribution in [0.2, 0.25) is 0 Å². The van der Waals surface area contributed by atoms with Crippen LogP contribution in [-0.4, -0.2) is 19.6 Å². The molecule has 3 aromatic rings. The summed E-state index contributed by atoms with van der Waals surface area (Å²) in [6.07, 6.45) is 3.55. The third kappa shape index (κ3) is 2.58. The summed E-state index contributed by atoms with van der Waals surface area (Å²) in [6, 6.07) is 9.78. The molecule has 1 atom stereocenters. The molecule has 0 saturated heterocycles. The number of hydrogen-bond acceptors (Lipinski definition) is 4. The topological polar surface area (TPSA) is 55.1 Å². The maximum absolute atomic E-state index is 4.43. The second-order valence-corrected chi connectivity index (χ2v) is 5.01. The molecule has 0 aliphatic carbocycles. The van der Waals surface area contributed by atoms with E-state index in [2.05, 4.69) is 43.2 Å². The van der Waals surface area contributed by atoms with E-state index in [9.17, 15) is 0 Å². The third-order valence-corrected chi connectivity index (χ3v) is 3.24. The molecule has 6 heteroatoms. The van der Waals surface area contributed by atoms with Crippen LogP contribution in [0.1, 0.15) is 18.7 Å². The highest BCUT2D eigenvalue weighted by Gasteiger charge is 2.08. The molecule has 0 radical (unpaired) electrons. The Kier molecular flexibility index (Phi) is 3.16. The van der Waals surface area contributed by atoms with E-state index in [0.29, 0.717) is 0 Å². The summed E-state index contributed by atoms with van der Waals surface area (Å²) >= 11 is 3.38. The minimum absolute atomic E-state index is 0.0750. The summed E-state index contributed by atoms with van der Waals surface area (Å²) in [5.74, 6) is 0.791. The highest BCUT2D eigenvalue weighted by Crippen LogP contribution is 2.18. The number of fused-ring (bicyclic) bond motifs is 1. The van der Waals surface area contributed by atoms with Crippen molar-refractivity contribution in [2.45, 2.75) is 13.0 Å². The van der Waals surface area contributed by atoms with Crippen molar-refractivity contribution in [1.29, 1.82) is 0 Å². The van der Waals surface area contributed by atoms with Gasteiger partial charge in [-0.3, -0.25) is 0 Å². The Hall–Kier alpha value is -1.95. The Bertz CT molecular complexity index is 709. The summed E-state index contributed by atoms with van der Waals surface area (Å²) in [6.45, 7) is 2.05. The largest absolute Gasteiger partial charge is 0.361 e. The van der Waals surface area contributed by atoms with Crippen molar-refractivity contribution < 1.29 is 0 Å². The lowest BCUT2D eigenvalue weighted by molar-refractivity contribution is 0.812. The van der Waals surface area contributed by atoms with Gasteiger partial charge in [0.1, 0.15) is 10.4 Å². The molecule has 0 aliphatic heterocycles. The second-order valence-electron chi connectivity index (χ2n) is 4.20. The third-order valence-electron chi connectivity index (χ3n) is 2.80. The number of imidazole rings is 1. The molecule has 3 heterocycles. The number of hydrogen-bond donors (Lipinski definition) is 1. The molecule has 0 bridgehead atoms. The van der Waals surface area contributed by atoms with Crippen LogP contribution in [0.3, 0.4) is 0 Å². The van der Waals surface area contributed by atoms with Crippen molar-refractivity contribution in [3.05, 3.63) is 53.0 Å². The molecule has 0 aromatic carbocycles. The minimum atomic E-state index is 0.0750. The fourth-order valence-corrected chi connectivity index (χ4v) is 2.21. The van der Waals surface area contributed by atoms with Crippen LogP contribution in [0.5, 0.6) is 0 Å². The molecule has 0 amide bonds. The Balaban J connectivity index is 1.83. The van der Waals surface area contributed by atoms with Crippen LogP contribution in [0.4, 0.5) is 5.82 Å². The van der Waals surface area contributed by atoms with E-state index in [1.54, 1.807) is 10.7 Å². The Morgan fingerprint density at radius 1 is 1.26 bits per heavy atom. The van der Waals surface area contributed by atoms with Crippen LogP contribution >= 0.6 is 15.9 Å². The zero-order valence-electron chi connectivity index (χ0n) is 10.3. The van der Waals surface area contributed by atoms with Gasteiger partial charge in [-0.05, 0) is 47.1 Å². The molecule has 0 saturated carbocycles. The van der Waals surface area contributed by atoms with Crippen molar-refractivity contribution in [1.82, 2.24) is 19.6 Å². The maximum Gasteiger partial charge on any atom is 0.153 e. The van der Waals surface area contributed by atoms with E-state index in [-0.39, 0.29) is 6.04 Å². The van der Waals surface area contributed by atoms with Crippen molar-refractivity contribution >= 4 is 27.4 Å². The second kappa shape index (κ2) is 4.97. The number of nitrogens with one attached hydrogen (secondary N) is 1. The lowest BCUT2D eigenvalue weighted by atomic mass is 10.2. The average molecular weight is 318 g/mol. The fraction of sp³-hybridized carbons (Fsp3) is 0.154. The van der Waals surface area contributed by atoms with E-state index >= 15 is 0 Å². The van der Waals surface area contributed by atoms with E-state index in [1.165, 1.54) is 0 Å². The molecule has 5 nitrogen and oxygen atoms in total. The molecule has 0 spiro atoms. The highest BCUT2D eigenvalue weighted by atomic mass is 79.9. The summed E-state index contributed by atoms with van der Waals surface area (Å²) in [5.41, 5.74) is 1.79. The average Bonchev–Trinajstić information content (AvgIpc) is 2.86. The van der Waals surface area contributed by atoms with Gasteiger partial charge in [-0.15, -0.1) is 5.10 Å². The molecule has 3 aromatic heterocycles. The molecule has 0 aliphatic rings. The molecular weight excluding hydrogens is 306 g/mol. The number of nitrogens with zero attached hydrogens (tertiary/aromatic N) is 4. The molecule has 3 rings (SSSR count). The predicted octanol–water partition coefficient (Wildman–Crippen LogP) is 3.06. The summed E-state index contributed by atoms with van der Waals surface area (Å²) in [4.78, 5) is 8.59. The Morgan fingerprint density at radius 3 is 3.00 bits per heavy atom. The van der Waals surface area contributed by atoms with E-state index in [0.717, 1.165) is 21.8 Å². The first-order valence-corrected chi connectivity index (χ1v) is 6.71. The molecular formula is C13H12BrN5. The number of pyridine rings is 1. The van der Waals surface area contributed by atoms with Gasteiger partial charge in [0.2, 0.25) is 0 Å². The standard InChI is InChI=1S/C13H12BrN5/c1-9(10-3-2-4-11(14)17-10)16-12-5-6-13-15-7-8-19(13)18-12/h2-9H,1H3,(H,16,18). The lowest BCUT2D eigenvalue weighted by Crippen LogP contribution is -2.10. The minimum Gasteiger partial charge on any atom is -0.361 e. The molecule has 1 N–H and O–H groups in total. The predicted molar refractivity (Wildman–Crippen MR) is 77.0 cm³/mol. The van der Waals surface area contributed by atoms with Gasteiger partial charge in [-0.25, -0.2) is 14.5 Å². The summed E-state index contributed by atoms with van der Waals surface area (Å²) < 4.78 is 2.57. The van der Waals surface area contributed by atoms with Gasteiger partial charge in [-0.2, -0.15) is 0 Å². The van der Waals surface area contributed by atoms with Crippen LogP contribution in [0, 0.1) is 0 Å². The van der Waals surface area contributed by atoms with Crippen LogP contribution in [-0.2, 0) is 0 Å². The molecule has 1 unspecified atom stereocenters. The fourth-order valence-electron chi connectivity index (χ4n) is 1.85. The molecule has 19 heavy (non-hydrogen) atoms. The first kappa shape index (κ1) is 12.1. The van der Waals surface area contributed by atoms with E-state index in [4.69, 9.17) is 0 Å². The van der Waals surface area contributed by atoms with Gasteiger partial charge in [-0.1, -0.05) is 6.07 Å². The number of rotatable bonds is 3. The lowest BCUT2D eigenvalue weighted by Gasteiger charge is -2.14. The monoisotopic (exact) mass is 317 g/mol. The number of anilines is 1. The van der Waals surface area contributed by atoms with Crippen LogP contribution in [0.15, 0.2) is 47.3 Å². The van der Waals surface area contributed by atoms with Gasteiger partial charge < -0.3 is 5.32 Å². The van der Waals surface area contributed by atoms with Crippen LogP contribution in [0.25, 0.3) is 5.65 Å². The SMILES string of the molecule is CC(Nc1ccc2nccn2n1)c1cccc(Br)n1. The molecule has 0 fully saturated rings. The Morgan fingerprint density at radius 2 is 2.16 bits per heavy atom. The number of aromatic nitrogens is 4. The summed E-state index contributed by atoms with van der Waals surface area (Å²) in [5, 5.41) is 7.75. The quantitative estimate of drug-likeness (QED) is 0.754. The van der Waals surface area contributed by atoms with Crippen LogP contribution < -0.4 is 5.32 Å². The maximum atomic E-state index is 4.43. The van der Waals surface area contributed by atoms with E-state index < -0.39 is 0 Å².